The lowest BCUT2D eigenvalue weighted by molar-refractivity contribution is 0.560. The summed E-state index contributed by atoms with van der Waals surface area (Å²) in [5.41, 5.74) is 3.60. The van der Waals surface area contributed by atoms with Gasteiger partial charge in [-0.2, -0.15) is 5.10 Å². The molecule has 1 aliphatic carbocycles. The lowest BCUT2D eigenvalue weighted by Gasteiger charge is -2.17. The van der Waals surface area contributed by atoms with Gasteiger partial charge in [-0.1, -0.05) is 0 Å². The van der Waals surface area contributed by atoms with Crippen molar-refractivity contribution in [1.82, 2.24) is 19.3 Å². The fraction of sp³-hybridized carbons (Fsp3) is 0.571. The standard InChI is InChI=1S/C21H29N5OS/c1-13(2)26-20(27)18-16-8-5-6-9-17(16)28-19(18)23-21(26)22-10-7-11-25-15(4)12-14(3)24-25/h12-13H,5-11H2,1-4H3,(H,22,23). The third-order valence-electron chi connectivity index (χ3n) is 5.47. The van der Waals surface area contributed by atoms with Crippen LogP contribution in [0.5, 0.6) is 0 Å². The zero-order valence-corrected chi connectivity index (χ0v) is 18.0. The summed E-state index contributed by atoms with van der Waals surface area (Å²) >= 11 is 1.71. The molecule has 0 spiro atoms. The van der Waals surface area contributed by atoms with E-state index in [2.05, 4.69) is 37.3 Å². The number of aryl methyl sites for hydroxylation is 5. The van der Waals surface area contributed by atoms with Gasteiger partial charge < -0.3 is 5.32 Å². The minimum atomic E-state index is 0.0713. The minimum Gasteiger partial charge on any atom is -0.355 e. The Balaban J connectivity index is 1.58. The molecule has 0 atom stereocenters. The highest BCUT2D eigenvalue weighted by atomic mass is 32.1. The van der Waals surface area contributed by atoms with Crippen LogP contribution in [0.25, 0.3) is 10.2 Å². The maximum atomic E-state index is 13.3. The third kappa shape index (κ3) is 3.48. The predicted octanol–water partition coefficient (Wildman–Crippen LogP) is 4.23. The molecule has 0 aromatic carbocycles. The fourth-order valence-corrected chi connectivity index (χ4v) is 5.40. The first-order chi connectivity index (χ1) is 13.5. The van der Waals surface area contributed by atoms with Crippen molar-refractivity contribution in [3.8, 4) is 0 Å². The zero-order valence-electron chi connectivity index (χ0n) is 17.2. The summed E-state index contributed by atoms with van der Waals surface area (Å²) in [4.78, 5) is 20.4. The summed E-state index contributed by atoms with van der Waals surface area (Å²) in [5, 5.41) is 8.80. The first-order valence-corrected chi connectivity index (χ1v) is 11.1. The van der Waals surface area contributed by atoms with Crippen LogP contribution in [0.1, 0.15) is 61.0 Å². The van der Waals surface area contributed by atoms with Crippen LogP contribution in [0.3, 0.4) is 0 Å². The lowest BCUT2D eigenvalue weighted by atomic mass is 9.97. The molecule has 28 heavy (non-hydrogen) atoms. The summed E-state index contributed by atoms with van der Waals surface area (Å²) in [7, 11) is 0. The molecule has 0 amide bonds. The average Bonchev–Trinajstić information content (AvgIpc) is 3.17. The quantitative estimate of drug-likeness (QED) is 0.630. The SMILES string of the molecule is Cc1cc(C)n(CCCNc2nc3sc4c(c3c(=O)n2C(C)C)CCCC4)n1. The van der Waals surface area contributed by atoms with Gasteiger partial charge in [-0.3, -0.25) is 14.0 Å². The van der Waals surface area contributed by atoms with E-state index in [9.17, 15) is 4.79 Å². The van der Waals surface area contributed by atoms with Crippen LogP contribution in [0.4, 0.5) is 5.95 Å². The molecule has 0 unspecified atom stereocenters. The monoisotopic (exact) mass is 399 g/mol. The van der Waals surface area contributed by atoms with Gasteiger partial charge in [-0.15, -0.1) is 11.3 Å². The number of nitrogens with zero attached hydrogens (tertiary/aromatic N) is 4. The Kier molecular flexibility index (Phi) is 5.27. The molecule has 3 heterocycles. The summed E-state index contributed by atoms with van der Waals surface area (Å²) in [6.45, 7) is 9.81. The molecule has 1 N–H and O–H groups in total. The van der Waals surface area contributed by atoms with Gasteiger partial charge in [-0.05, 0) is 71.4 Å². The van der Waals surface area contributed by atoms with Crippen molar-refractivity contribution in [2.75, 3.05) is 11.9 Å². The summed E-state index contributed by atoms with van der Waals surface area (Å²) < 4.78 is 3.86. The number of hydrogen-bond donors (Lipinski definition) is 1. The van der Waals surface area contributed by atoms with Crippen molar-refractivity contribution in [3.63, 3.8) is 0 Å². The molecule has 7 heteroatoms. The Labute approximate surface area is 169 Å². The van der Waals surface area contributed by atoms with E-state index in [4.69, 9.17) is 4.98 Å². The van der Waals surface area contributed by atoms with E-state index in [0.29, 0.717) is 5.95 Å². The molecule has 0 bridgehead atoms. The van der Waals surface area contributed by atoms with Crippen LogP contribution in [-0.4, -0.2) is 25.9 Å². The highest BCUT2D eigenvalue weighted by molar-refractivity contribution is 7.18. The van der Waals surface area contributed by atoms with Crippen molar-refractivity contribution in [1.29, 1.82) is 0 Å². The Bertz CT molecular complexity index is 1060. The maximum absolute atomic E-state index is 13.3. The topological polar surface area (TPSA) is 64.7 Å². The normalized spacial score (nSPS) is 14.0. The molecule has 0 radical (unpaired) electrons. The maximum Gasteiger partial charge on any atom is 0.264 e. The lowest BCUT2D eigenvalue weighted by Crippen LogP contribution is -2.27. The van der Waals surface area contributed by atoms with Crippen LogP contribution in [-0.2, 0) is 19.4 Å². The molecule has 6 nitrogen and oxygen atoms in total. The van der Waals surface area contributed by atoms with Gasteiger partial charge in [0.25, 0.3) is 5.56 Å². The van der Waals surface area contributed by atoms with Crippen molar-refractivity contribution in [2.45, 2.75) is 72.4 Å². The Hall–Kier alpha value is -2.15. The number of aromatic nitrogens is 4. The Morgan fingerprint density at radius 2 is 2.04 bits per heavy atom. The van der Waals surface area contributed by atoms with Crippen LogP contribution in [0.15, 0.2) is 10.9 Å². The van der Waals surface area contributed by atoms with E-state index >= 15 is 0 Å². The molecule has 4 rings (SSSR count). The largest absolute Gasteiger partial charge is 0.355 e. The second-order valence-electron chi connectivity index (χ2n) is 8.03. The van der Waals surface area contributed by atoms with Crippen LogP contribution in [0, 0.1) is 13.8 Å². The van der Waals surface area contributed by atoms with Crippen LogP contribution < -0.4 is 10.9 Å². The van der Waals surface area contributed by atoms with Gasteiger partial charge in [0.2, 0.25) is 5.95 Å². The molecule has 0 saturated heterocycles. The number of hydrogen-bond acceptors (Lipinski definition) is 5. The molecule has 150 valence electrons. The summed E-state index contributed by atoms with van der Waals surface area (Å²) in [5.74, 6) is 0.694. The average molecular weight is 400 g/mol. The predicted molar refractivity (Wildman–Crippen MR) is 116 cm³/mol. The smallest absolute Gasteiger partial charge is 0.264 e. The Morgan fingerprint density at radius 1 is 1.25 bits per heavy atom. The second-order valence-corrected chi connectivity index (χ2v) is 9.11. The number of fused-ring (bicyclic) bond motifs is 3. The molecule has 1 aliphatic rings. The highest BCUT2D eigenvalue weighted by Crippen LogP contribution is 2.34. The van der Waals surface area contributed by atoms with Gasteiger partial charge in [0, 0.05) is 29.7 Å². The molecule has 0 saturated carbocycles. The van der Waals surface area contributed by atoms with E-state index in [-0.39, 0.29) is 11.6 Å². The van der Waals surface area contributed by atoms with Gasteiger partial charge in [0.05, 0.1) is 11.1 Å². The molecule has 3 aromatic rings. The van der Waals surface area contributed by atoms with Crippen molar-refractivity contribution >= 4 is 27.5 Å². The number of anilines is 1. The number of thiophene rings is 1. The van der Waals surface area contributed by atoms with Gasteiger partial charge in [-0.25, -0.2) is 4.98 Å². The van der Waals surface area contributed by atoms with E-state index in [1.54, 1.807) is 11.3 Å². The zero-order chi connectivity index (χ0) is 19.8. The second kappa shape index (κ2) is 7.70. The summed E-state index contributed by atoms with van der Waals surface area (Å²) in [6.07, 6.45) is 5.42. The first-order valence-electron chi connectivity index (χ1n) is 10.3. The molecular formula is C21H29N5OS. The van der Waals surface area contributed by atoms with Crippen molar-refractivity contribution in [3.05, 3.63) is 38.2 Å². The van der Waals surface area contributed by atoms with Gasteiger partial charge >= 0.3 is 0 Å². The van der Waals surface area contributed by atoms with Crippen molar-refractivity contribution in [2.24, 2.45) is 0 Å². The van der Waals surface area contributed by atoms with E-state index < -0.39 is 0 Å². The molecule has 0 fully saturated rings. The van der Waals surface area contributed by atoms with Gasteiger partial charge in [0.15, 0.2) is 0 Å². The molecule has 0 aliphatic heterocycles. The fourth-order valence-electron chi connectivity index (χ4n) is 4.15. The number of nitrogens with one attached hydrogen (secondary N) is 1. The molecular weight excluding hydrogens is 370 g/mol. The Morgan fingerprint density at radius 3 is 2.75 bits per heavy atom. The first kappa shape index (κ1) is 19.2. The molecule has 3 aromatic heterocycles. The van der Waals surface area contributed by atoms with E-state index in [0.717, 1.165) is 48.3 Å². The van der Waals surface area contributed by atoms with E-state index in [1.807, 2.05) is 16.2 Å². The van der Waals surface area contributed by atoms with Gasteiger partial charge in [0.1, 0.15) is 4.83 Å². The minimum absolute atomic E-state index is 0.0713. The van der Waals surface area contributed by atoms with Crippen molar-refractivity contribution < 1.29 is 0 Å². The third-order valence-corrected chi connectivity index (χ3v) is 6.66. The summed E-state index contributed by atoms with van der Waals surface area (Å²) in [6, 6.07) is 2.17. The number of rotatable bonds is 6. The van der Waals surface area contributed by atoms with Crippen LogP contribution in [0.2, 0.25) is 0 Å². The van der Waals surface area contributed by atoms with Crippen LogP contribution >= 0.6 is 11.3 Å². The van der Waals surface area contributed by atoms with E-state index in [1.165, 1.54) is 29.0 Å². The highest BCUT2D eigenvalue weighted by Gasteiger charge is 2.22.